The standard InChI is InChI=1S/C21H21ClN4O2/c22-14-9-10-15(18(13-14)26-12-4-8-20(26)27)21(28)23-11-3-7-19-24-16-5-1-2-6-17(16)25-19/h1-2,5-6,9-10,13H,3-4,7-8,11-12H2,(H,23,28)(H,24,25). The number of nitrogens with zero attached hydrogens (tertiary/aromatic N) is 2. The number of carbonyl (C=O) groups is 2. The van der Waals surface area contributed by atoms with Crippen LogP contribution in [0.4, 0.5) is 5.69 Å². The molecule has 1 aliphatic heterocycles. The number of fused-ring (bicyclic) bond motifs is 1. The van der Waals surface area contributed by atoms with E-state index in [9.17, 15) is 9.59 Å². The van der Waals surface area contributed by atoms with Crippen molar-refractivity contribution in [2.75, 3.05) is 18.0 Å². The number of amides is 2. The highest BCUT2D eigenvalue weighted by molar-refractivity contribution is 6.31. The number of aromatic amines is 1. The summed E-state index contributed by atoms with van der Waals surface area (Å²) < 4.78 is 0. The Morgan fingerprint density at radius 3 is 2.89 bits per heavy atom. The second kappa shape index (κ2) is 8.02. The molecule has 2 amide bonds. The molecule has 1 aromatic heterocycles. The molecule has 1 aliphatic rings. The fourth-order valence-corrected chi connectivity index (χ4v) is 3.67. The van der Waals surface area contributed by atoms with Crippen LogP contribution in [0.1, 0.15) is 35.4 Å². The molecule has 0 saturated carbocycles. The zero-order valence-corrected chi connectivity index (χ0v) is 16.1. The first-order valence-corrected chi connectivity index (χ1v) is 9.81. The van der Waals surface area contributed by atoms with E-state index in [0.717, 1.165) is 36.1 Å². The Balaban J connectivity index is 1.38. The smallest absolute Gasteiger partial charge is 0.253 e. The number of H-pyrrole nitrogens is 1. The Bertz CT molecular complexity index is 997. The van der Waals surface area contributed by atoms with E-state index < -0.39 is 0 Å². The molecule has 144 valence electrons. The SMILES string of the molecule is O=C(NCCCc1nc2ccccc2[nH]1)c1ccc(Cl)cc1N1CCCC1=O. The van der Waals surface area contributed by atoms with Crippen LogP contribution in [0.15, 0.2) is 42.5 Å². The van der Waals surface area contributed by atoms with E-state index in [1.54, 1.807) is 23.1 Å². The first kappa shape index (κ1) is 18.5. The number of imidazole rings is 1. The third-order valence-corrected chi connectivity index (χ3v) is 5.12. The van der Waals surface area contributed by atoms with Crippen LogP contribution in [0, 0.1) is 0 Å². The van der Waals surface area contributed by atoms with Gasteiger partial charge in [0.1, 0.15) is 5.82 Å². The predicted molar refractivity (Wildman–Crippen MR) is 110 cm³/mol. The zero-order chi connectivity index (χ0) is 19.5. The van der Waals surface area contributed by atoms with E-state index in [1.165, 1.54) is 0 Å². The molecule has 0 aliphatic carbocycles. The first-order chi connectivity index (χ1) is 13.6. The van der Waals surface area contributed by atoms with Gasteiger partial charge in [0.05, 0.1) is 22.3 Å². The molecule has 4 rings (SSSR count). The molecule has 0 bridgehead atoms. The third-order valence-electron chi connectivity index (χ3n) is 4.88. The van der Waals surface area contributed by atoms with Crippen molar-refractivity contribution >= 4 is 40.1 Å². The fourth-order valence-electron chi connectivity index (χ4n) is 3.50. The van der Waals surface area contributed by atoms with E-state index in [0.29, 0.717) is 35.8 Å². The maximum Gasteiger partial charge on any atom is 0.253 e. The number of halogens is 1. The quantitative estimate of drug-likeness (QED) is 0.623. The Kier molecular flexibility index (Phi) is 5.30. The van der Waals surface area contributed by atoms with Gasteiger partial charge in [0, 0.05) is 31.0 Å². The number of rotatable bonds is 6. The van der Waals surface area contributed by atoms with Gasteiger partial charge in [0.15, 0.2) is 0 Å². The molecule has 0 unspecified atom stereocenters. The van der Waals surface area contributed by atoms with Crippen molar-refractivity contribution in [1.29, 1.82) is 0 Å². The van der Waals surface area contributed by atoms with Crippen LogP contribution in [-0.4, -0.2) is 34.9 Å². The minimum Gasteiger partial charge on any atom is -0.352 e. The van der Waals surface area contributed by atoms with E-state index in [1.807, 2.05) is 24.3 Å². The normalized spacial score (nSPS) is 14.0. The first-order valence-electron chi connectivity index (χ1n) is 9.43. The number of hydrogen-bond donors (Lipinski definition) is 2. The number of hydrogen-bond acceptors (Lipinski definition) is 3. The van der Waals surface area contributed by atoms with Gasteiger partial charge in [-0.1, -0.05) is 23.7 Å². The molecule has 0 atom stereocenters. The minimum absolute atomic E-state index is 0.0289. The summed E-state index contributed by atoms with van der Waals surface area (Å²) in [4.78, 5) is 34.3. The summed E-state index contributed by atoms with van der Waals surface area (Å²) in [6.45, 7) is 1.14. The lowest BCUT2D eigenvalue weighted by Crippen LogP contribution is -2.30. The maximum atomic E-state index is 12.7. The molecule has 2 N–H and O–H groups in total. The van der Waals surface area contributed by atoms with Crippen molar-refractivity contribution < 1.29 is 9.59 Å². The molecular weight excluding hydrogens is 376 g/mol. The zero-order valence-electron chi connectivity index (χ0n) is 15.4. The summed E-state index contributed by atoms with van der Waals surface area (Å²) in [5.74, 6) is 0.738. The van der Waals surface area contributed by atoms with Gasteiger partial charge in [-0.3, -0.25) is 9.59 Å². The number of aromatic nitrogens is 2. The summed E-state index contributed by atoms with van der Waals surface area (Å²) in [6, 6.07) is 12.9. The van der Waals surface area contributed by atoms with E-state index in [-0.39, 0.29) is 11.8 Å². The van der Waals surface area contributed by atoms with Gasteiger partial charge in [-0.25, -0.2) is 4.98 Å². The summed E-state index contributed by atoms with van der Waals surface area (Å²) >= 11 is 6.10. The van der Waals surface area contributed by atoms with Crippen molar-refractivity contribution in [1.82, 2.24) is 15.3 Å². The van der Waals surface area contributed by atoms with Crippen molar-refractivity contribution in [2.45, 2.75) is 25.7 Å². The van der Waals surface area contributed by atoms with Gasteiger partial charge < -0.3 is 15.2 Å². The lowest BCUT2D eigenvalue weighted by molar-refractivity contribution is -0.117. The maximum absolute atomic E-state index is 12.7. The largest absolute Gasteiger partial charge is 0.352 e. The second-order valence-electron chi connectivity index (χ2n) is 6.87. The van der Waals surface area contributed by atoms with E-state index >= 15 is 0 Å². The average molecular weight is 397 g/mol. The van der Waals surface area contributed by atoms with Gasteiger partial charge in [0.25, 0.3) is 5.91 Å². The number of para-hydroxylation sites is 2. The Morgan fingerprint density at radius 2 is 2.11 bits per heavy atom. The van der Waals surface area contributed by atoms with Crippen molar-refractivity contribution in [3.63, 3.8) is 0 Å². The van der Waals surface area contributed by atoms with Crippen LogP contribution < -0.4 is 10.2 Å². The highest BCUT2D eigenvalue weighted by atomic mass is 35.5. The van der Waals surface area contributed by atoms with Gasteiger partial charge in [-0.2, -0.15) is 0 Å². The summed E-state index contributed by atoms with van der Waals surface area (Å²) in [6.07, 6.45) is 2.80. The second-order valence-corrected chi connectivity index (χ2v) is 7.31. The number of anilines is 1. The number of nitrogens with one attached hydrogen (secondary N) is 2. The van der Waals surface area contributed by atoms with Crippen LogP contribution in [0.2, 0.25) is 5.02 Å². The molecule has 1 saturated heterocycles. The Labute approximate surface area is 167 Å². The van der Waals surface area contributed by atoms with Gasteiger partial charge >= 0.3 is 0 Å². The Morgan fingerprint density at radius 1 is 1.25 bits per heavy atom. The van der Waals surface area contributed by atoms with Gasteiger partial charge in [-0.15, -0.1) is 0 Å². The van der Waals surface area contributed by atoms with Crippen molar-refractivity contribution in [2.24, 2.45) is 0 Å². The van der Waals surface area contributed by atoms with E-state index in [4.69, 9.17) is 11.6 Å². The van der Waals surface area contributed by atoms with Crippen LogP contribution >= 0.6 is 11.6 Å². The fraction of sp³-hybridized carbons (Fsp3) is 0.286. The molecule has 0 spiro atoms. The molecule has 7 heteroatoms. The van der Waals surface area contributed by atoms with E-state index in [2.05, 4.69) is 15.3 Å². The minimum atomic E-state index is -0.198. The molecule has 0 radical (unpaired) electrons. The van der Waals surface area contributed by atoms with Crippen LogP contribution in [0.5, 0.6) is 0 Å². The summed E-state index contributed by atoms with van der Waals surface area (Å²) in [5, 5.41) is 3.45. The third kappa shape index (κ3) is 3.87. The average Bonchev–Trinajstić information content (AvgIpc) is 3.30. The van der Waals surface area contributed by atoms with Gasteiger partial charge in [0.2, 0.25) is 5.91 Å². The molecule has 3 aromatic rings. The van der Waals surface area contributed by atoms with Crippen LogP contribution in [-0.2, 0) is 11.2 Å². The molecule has 1 fully saturated rings. The molecular formula is C21H21ClN4O2. The monoisotopic (exact) mass is 396 g/mol. The van der Waals surface area contributed by atoms with Crippen LogP contribution in [0.25, 0.3) is 11.0 Å². The molecule has 6 nitrogen and oxygen atoms in total. The van der Waals surface area contributed by atoms with Crippen molar-refractivity contribution in [3.8, 4) is 0 Å². The number of benzene rings is 2. The highest BCUT2D eigenvalue weighted by Crippen LogP contribution is 2.28. The summed E-state index contributed by atoms with van der Waals surface area (Å²) in [7, 11) is 0. The number of aryl methyl sites for hydroxylation is 1. The predicted octanol–water partition coefficient (Wildman–Crippen LogP) is 3.71. The Hall–Kier alpha value is -2.86. The molecule has 2 aromatic carbocycles. The molecule has 28 heavy (non-hydrogen) atoms. The highest BCUT2D eigenvalue weighted by Gasteiger charge is 2.26. The lowest BCUT2D eigenvalue weighted by atomic mass is 10.1. The summed E-state index contributed by atoms with van der Waals surface area (Å²) in [5.41, 5.74) is 3.03. The topological polar surface area (TPSA) is 78.1 Å². The van der Waals surface area contributed by atoms with Gasteiger partial charge in [-0.05, 0) is 43.2 Å². The van der Waals surface area contributed by atoms with Crippen molar-refractivity contribution in [3.05, 3.63) is 58.9 Å². The lowest BCUT2D eigenvalue weighted by Gasteiger charge is -2.19. The van der Waals surface area contributed by atoms with Crippen LogP contribution in [0.3, 0.4) is 0 Å². The molecule has 2 heterocycles. The number of carbonyl (C=O) groups excluding carboxylic acids is 2.